The summed E-state index contributed by atoms with van der Waals surface area (Å²) in [7, 11) is 0. The Bertz CT molecular complexity index is 558. The first-order chi connectivity index (χ1) is 12.1. The van der Waals surface area contributed by atoms with Crippen molar-refractivity contribution in [2.75, 3.05) is 26.2 Å². The van der Waals surface area contributed by atoms with Gasteiger partial charge in [-0.15, -0.1) is 0 Å². The Morgan fingerprint density at radius 1 is 1.12 bits per heavy atom. The second-order valence-electron chi connectivity index (χ2n) is 5.86. The van der Waals surface area contributed by atoms with Crippen molar-refractivity contribution in [3.8, 4) is 5.75 Å². The van der Waals surface area contributed by atoms with Gasteiger partial charge in [-0.05, 0) is 38.3 Å². The molecule has 0 heterocycles. The molecule has 0 fully saturated rings. The molecule has 0 aliphatic heterocycles. The first-order valence-electron chi connectivity index (χ1n) is 9.11. The fraction of sp³-hybridized carbons (Fsp3) is 0.579. The number of ether oxygens (including phenoxy) is 1. The first-order valence-corrected chi connectivity index (χ1v) is 9.11. The molecule has 0 aliphatic carbocycles. The summed E-state index contributed by atoms with van der Waals surface area (Å²) in [6.45, 7) is 11.0. The fourth-order valence-electron chi connectivity index (χ4n) is 2.14. The van der Waals surface area contributed by atoms with Crippen molar-refractivity contribution in [1.29, 1.82) is 0 Å². The Kier molecular flexibility index (Phi) is 10.1. The maximum absolute atomic E-state index is 11.7. The van der Waals surface area contributed by atoms with Crippen LogP contribution in [0.2, 0.25) is 0 Å². The molecule has 6 heteroatoms. The lowest BCUT2D eigenvalue weighted by Crippen LogP contribution is -2.43. The summed E-state index contributed by atoms with van der Waals surface area (Å²) in [6.07, 6.45) is 1.89. The minimum atomic E-state index is -0.0326. The minimum Gasteiger partial charge on any atom is -0.493 e. The number of aliphatic imine (C=N–C) groups is 1. The predicted molar refractivity (Wildman–Crippen MR) is 103 cm³/mol. The van der Waals surface area contributed by atoms with Crippen molar-refractivity contribution in [3.05, 3.63) is 29.3 Å². The second-order valence-corrected chi connectivity index (χ2v) is 5.86. The highest BCUT2D eigenvalue weighted by Gasteiger charge is 2.06. The molecule has 0 aromatic heterocycles. The SMILES string of the molecule is CCCNC(=O)CNC(=NCc1ccc(C)cc1OCCC)NCC. The molecule has 0 bridgehead atoms. The molecule has 1 aromatic rings. The zero-order valence-corrected chi connectivity index (χ0v) is 15.9. The van der Waals surface area contributed by atoms with Crippen LogP contribution in [0.15, 0.2) is 23.2 Å². The van der Waals surface area contributed by atoms with Gasteiger partial charge in [-0.1, -0.05) is 26.0 Å². The number of guanidine groups is 1. The topological polar surface area (TPSA) is 74.8 Å². The molecule has 1 rings (SSSR count). The number of hydrogen-bond donors (Lipinski definition) is 3. The Hall–Kier alpha value is -2.24. The summed E-state index contributed by atoms with van der Waals surface area (Å²) in [5.41, 5.74) is 2.20. The average molecular weight is 348 g/mol. The Morgan fingerprint density at radius 3 is 2.60 bits per heavy atom. The molecule has 0 unspecified atom stereocenters. The van der Waals surface area contributed by atoms with E-state index in [4.69, 9.17) is 4.74 Å². The van der Waals surface area contributed by atoms with Gasteiger partial charge in [0.1, 0.15) is 5.75 Å². The van der Waals surface area contributed by atoms with Crippen molar-refractivity contribution in [2.45, 2.75) is 47.1 Å². The summed E-state index contributed by atoms with van der Waals surface area (Å²) in [5, 5.41) is 9.05. The molecule has 3 N–H and O–H groups in total. The number of carbonyl (C=O) groups is 1. The lowest BCUT2D eigenvalue weighted by atomic mass is 10.1. The van der Waals surface area contributed by atoms with E-state index in [0.29, 0.717) is 25.7 Å². The Labute approximate surface area is 151 Å². The molecule has 25 heavy (non-hydrogen) atoms. The molecule has 0 aliphatic rings. The maximum atomic E-state index is 11.7. The van der Waals surface area contributed by atoms with E-state index in [1.807, 2.05) is 32.9 Å². The van der Waals surface area contributed by atoms with Gasteiger partial charge in [0, 0.05) is 18.7 Å². The van der Waals surface area contributed by atoms with E-state index >= 15 is 0 Å². The van der Waals surface area contributed by atoms with E-state index in [1.165, 1.54) is 0 Å². The van der Waals surface area contributed by atoms with Crippen molar-refractivity contribution in [3.63, 3.8) is 0 Å². The van der Waals surface area contributed by atoms with E-state index in [0.717, 1.165) is 36.3 Å². The van der Waals surface area contributed by atoms with E-state index in [2.05, 4.69) is 33.9 Å². The van der Waals surface area contributed by atoms with Gasteiger partial charge in [0.05, 0.1) is 19.7 Å². The van der Waals surface area contributed by atoms with Crippen molar-refractivity contribution >= 4 is 11.9 Å². The number of hydrogen-bond acceptors (Lipinski definition) is 3. The van der Waals surface area contributed by atoms with Gasteiger partial charge >= 0.3 is 0 Å². The molecule has 140 valence electrons. The number of benzene rings is 1. The van der Waals surface area contributed by atoms with Crippen LogP contribution in [-0.4, -0.2) is 38.1 Å². The van der Waals surface area contributed by atoms with Crippen LogP contribution in [0, 0.1) is 6.92 Å². The van der Waals surface area contributed by atoms with E-state index in [1.54, 1.807) is 0 Å². The van der Waals surface area contributed by atoms with Gasteiger partial charge in [-0.2, -0.15) is 0 Å². The van der Waals surface area contributed by atoms with Crippen molar-refractivity contribution < 1.29 is 9.53 Å². The lowest BCUT2D eigenvalue weighted by Gasteiger charge is -2.13. The number of aryl methyl sites for hydroxylation is 1. The van der Waals surface area contributed by atoms with Crippen LogP contribution >= 0.6 is 0 Å². The molecular weight excluding hydrogens is 316 g/mol. The van der Waals surface area contributed by atoms with Gasteiger partial charge in [0.25, 0.3) is 0 Å². The quantitative estimate of drug-likeness (QED) is 0.448. The smallest absolute Gasteiger partial charge is 0.239 e. The highest BCUT2D eigenvalue weighted by Crippen LogP contribution is 2.21. The molecule has 0 spiro atoms. The highest BCUT2D eigenvalue weighted by molar-refractivity contribution is 5.86. The summed E-state index contributed by atoms with van der Waals surface area (Å²) in [4.78, 5) is 16.3. The summed E-state index contributed by atoms with van der Waals surface area (Å²) in [6, 6.07) is 6.14. The summed E-state index contributed by atoms with van der Waals surface area (Å²) in [5.74, 6) is 1.47. The lowest BCUT2D eigenvalue weighted by molar-refractivity contribution is -0.120. The third-order valence-corrected chi connectivity index (χ3v) is 3.42. The van der Waals surface area contributed by atoms with E-state index in [9.17, 15) is 4.79 Å². The van der Waals surface area contributed by atoms with Crippen molar-refractivity contribution in [1.82, 2.24) is 16.0 Å². The van der Waals surface area contributed by atoms with Crippen LogP contribution in [0.1, 0.15) is 44.7 Å². The summed E-state index contributed by atoms with van der Waals surface area (Å²) >= 11 is 0. The van der Waals surface area contributed by atoms with Crippen LogP contribution < -0.4 is 20.7 Å². The molecule has 0 atom stereocenters. The number of amides is 1. The zero-order chi connectivity index (χ0) is 18.5. The number of carbonyl (C=O) groups excluding carboxylic acids is 1. The number of rotatable bonds is 10. The van der Waals surface area contributed by atoms with E-state index in [-0.39, 0.29) is 12.5 Å². The Balaban J connectivity index is 2.71. The first kappa shape index (κ1) is 20.8. The van der Waals surface area contributed by atoms with Gasteiger partial charge < -0.3 is 20.7 Å². The molecule has 0 saturated heterocycles. The van der Waals surface area contributed by atoms with Crippen LogP contribution in [0.5, 0.6) is 5.75 Å². The molecule has 0 saturated carbocycles. The van der Waals surface area contributed by atoms with Crippen LogP contribution in [0.25, 0.3) is 0 Å². The maximum Gasteiger partial charge on any atom is 0.239 e. The average Bonchev–Trinajstić information content (AvgIpc) is 2.61. The third-order valence-electron chi connectivity index (χ3n) is 3.42. The molecule has 1 aromatic carbocycles. The van der Waals surface area contributed by atoms with Crippen LogP contribution in [0.3, 0.4) is 0 Å². The van der Waals surface area contributed by atoms with Gasteiger partial charge in [-0.3, -0.25) is 4.79 Å². The second kappa shape index (κ2) is 12.2. The van der Waals surface area contributed by atoms with Crippen LogP contribution in [0.4, 0.5) is 0 Å². The highest BCUT2D eigenvalue weighted by atomic mass is 16.5. The van der Waals surface area contributed by atoms with Gasteiger partial charge in [0.15, 0.2) is 5.96 Å². The standard InChI is InChI=1S/C19H32N4O2/c1-5-10-21-18(24)14-23-19(20-7-3)22-13-16-9-8-15(4)12-17(16)25-11-6-2/h8-9,12H,5-7,10-11,13-14H2,1-4H3,(H,21,24)(H2,20,22,23). The third kappa shape index (κ3) is 8.42. The fourth-order valence-corrected chi connectivity index (χ4v) is 2.14. The summed E-state index contributed by atoms with van der Waals surface area (Å²) < 4.78 is 5.83. The number of nitrogens with one attached hydrogen (secondary N) is 3. The normalized spacial score (nSPS) is 11.1. The zero-order valence-electron chi connectivity index (χ0n) is 15.9. The van der Waals surface area contributed by atoms with Crippen molar-refractivity contribution in [2.24, 2.45) is 4.99 Å². The largest absolute Gasteiger partial charge is 0.493 e. The molecular formula is C19H32N4O2. The predicted octanol–water partition coefficient (Wildman–Crippen LogP) is 2.37. The molecule has 6 nitrogen and oxygen atoms in total. The number of nitrogens with zero attached hydrogens (tertiary/aromatic N) is 1. The van der Waals surface area contributed by atoms with Gasteiger partial charge in [-0.25, -0.2) is 4.99 Å². The molecule has 1 amide bonds. The monoisotopic (exact) mass is 348 g/mol. The van der Waals surface area contributed by atoms with Crippen LogP contribution in [-0.2, 0) is 11.3 Å². The van der Waals surface area contributed by atoms with E-state index < -0.39 is 0 Å². The Morgan fingerprint density at radius 2 is 1.92 bits per heavy atom. The molecule has 0 radical (unpaired) electrons. The minimum absolute atomic E-state index is 0.0326. The van der Waals surface area contributed by atoms with Gasteiger partial charge in [0.2, 0.25) is 5.91 Å².